The number of nitrogens with zero attached hydrogens (tertiary/aromatic N) is 1. The fourth-order valence-electron chi connectivity index (χ4n) is 2.81. The lowest BCUT2D eigenvalue weighted by Crippen LogP contribution is -2.38. The van der Waals surface area contributed by atoms with E-state index in [1.54, 1.807) is 43.5 Å². The molecule has 0 saturated heterocycles. The first kappa shape index (κ1) is 21.3. The van der Waals surface area contributed by atoms with Gasteiger partial charge in [0, 0.05) is 28.6 Å². The summed E-state index contributed by atoms with van der Waals surface area (Å²) in [6.45, 7) is 3.68. The van der Waals surface area contributed by atoms with E-state index in [2.05, 4.69) is 15.6 Å². The average molecular weight is 424 g/mol. The van der Waals surface area contributed by atoms with Crippen LogP contribution in [0.4, 0.5) is 0 Å². The van der Waals surface area contributed by atoms with Crippen molar-refractivity contribution in [3.8, 4) is 5.75 Å². The number of fused-ring (bicyclic) bond motifs is 1. The van der Waals surface area contributed by atoms with Crippen molar-refractivity contribution in [1.82, 2.24) is 15.6 Å². The topological polar surface area (TPSA) is 80.3 Å². The van der Waals surface area contributed by atoms with Crippen LogP contribution in [0.2, 0.25) is 5.15 Å². The lowest BCUT2D eigenvalue weighted by Gasteiger charge is -2.13. The molecule has 0 aliphatic rings. The van der Waals surface area contributed by atoms with Crippen LogP contribution in [-0.4, -0.2) is 29.9 Å². The molecule has 1 aromatic heterocycles. The standard InChI is InChI=1S/C23H22ClN3O3/c1-14(2)25-23(29)20(27-22(28)15-7-5-4-6-8-15)12-17-11-16-9-10-18(30-3)13-19(16)26-21(17)24/h4-14H,1-3H3,(H,25,29)(H,27,28). The largest absolute Gasteiger partial charge is 0.497 e. The Balaban J connectivity index is 2.00. The predicted molar refractivity (Wildman–Crippen MR) is 118 cm³/mol. The molecule has 1 heterocycles. The van der Waals surface area contributed by atoms with Crippen molar-refractivity contribution in [2.24, 2.45) is 0 Å². The molecule has 30 heavy (non-hydrogen) atoms. The molecule has 0 saturated carbocycles. The lowest BCUT2D eigenvalue weighted by molar-refractivity contribution is -0.118. The van der Waals surface area contributed by atoms with E-state index >= 15 is 0 Å². The maximum Gasteiger partial charge on any atom is 0.268 e. The highest BCUT2D eigenvalue weighted by Gasteiger charge is 2.16. The first-order chi connectivity index (χ1) is 14.4. The van der Waals surface area contributed by atoms with Crippen LogP contribution in [0, 0.1) is 0 Å². The summed E-state index contributed by atoms with van der Waals surface area (Å²) in [5, 5.41) is 6.51. The van der Waals surface area contributed by atoms with E-state index < -0.39 is 11.8 Å². The second-order valence-corrected chi connectivity index (χ2v) is 7.29. The Morgan fingerprint density at radius 3 is 2.50 bits per heavy atom. The van der Waals surface area contributed by atoms with E-state index in [9.17, 15) is 9.59 Å². The molecule has 3 aromatic rings. The van der Waals surface area contributed by atoms with Gasteiger partial charge in [-0.15, -0.1) is 0 Å². The maximum atomic E-state index is 12.7. The molecule has 6 nitrogen and oxygen atoms in total. The van der Waals surface area contributed by atoms with Crippen molar-refractivity contribution < 1.29 is 14.3 Å². The highest BCUT2D eigenvalue weighted by Crippen LogP contribution is 2.25. The zero-order chi connectivity index (χ0) is 21.7. The van der Waals surface area contributed by atoms with Crippen molar-refractivity contribution in [1.29, 1.82) is 0 Å². The molecule has 0 spiro atoms. The Morgan fingerprint density at radius 1 is 1.10 bits per heavy atom. The molecule has 3 rings (SSSR count). The van der Waals surface area contributed by atoms with Gasteiger partial charge in [-0.3, -0.25) is 9.59 Å². The third-order valence-electron chi connectivity index (χ3n) is 4.25. The van der Waals surface area contributed by atoms with Crippen LogP contribution in [0.3, 0.4) is 0 Å². The van der Waals surface area contributed by atoms with Crippen molar-refractivity contribution in [2.75, 3.05) is 7.11 Å². The maximum absolute atomic E-state index is 12.7. The van der Waals surface area contributed by atoms with Crippen LogP contribution in [0.15, 0.2) is 60.3 Å². The zero-order valence-corrected chi connectivity index (χ0v) is 17.7. The van der Waals surface area contributed by atoms with Gasteiger partial charge >= 0.3 is 0 Å². The number of methoxy groups -OCH3 is 1. The van der Waals surface area contributed by atoms with Crippen LogP contribution < -0.4 is 15.4 Å². The summed E-state index contributed by atoms with van der Waals surface area (Å²) in [5.74, 6) is -0.142. The molecular formula is C23H22ClN3O3. The lowest BCUT2D eigenvalue weighted by atomic mass is 10.1. The fourth-order valence-corrected chi connectivity index (χ4v) is 3.01. The minimum Gasteiger partial charge on any atom is -0.497 e. The summed E-state index contributed by atoms with van der Waals surface area (Å²) >= 11 is 6.37. The fraction of sp³-hybridized carbons (Fsp3) is 0.174. The summed E-state index contributed by atoms with van der Waals surface area (Å²) in [7, 11) is 1.58. The Morgan fingerprint density at radius 2 is 1.83 bits per heavy atom. The van der Waals surface area contributed by atoms with Crippen LogP contribution >= 0.6 is 11.6 Å². The molecule has 2 N–H and O–H groups in total. The molecule has 0 aliphatic carbocycles. The Bertz CT molecular complexity index is 1110. The number of halogens is 1. The number of carbonyl (C=O) groups excluding carboxylic acids is 2. The van der Waals surface area contributed by atoms with Crippen LogP contribution in [-0.2, 0) is 4.79 Å². The second kappa shape index (κ2) is 9.41. The number of hydrogen-bond acceptors (Lipinski definition) is 4. The number of ether oxygens (including phenoxy) is 1. The summed E-state index contributed by atoms with van der Waals surface area (Å²) < 4.78 is 5.22. The summed E-state index contributed by atoms with van der Waals surface area (Å²) in [4.78, 5) is 29.7. The second-order valence-electron chi connectivity index (χ2n) is 6.93. The predicted octanol–water partition coefficient (Wildman–Crippen LogP) is 4.19. The number of benzene rings is 2. The summed E-state index contributed by atoms with van der Waals surface area (Å²) in [6, 6.07) is 15.8. The van der Waals surface area contributed by atoms with Gasteiger partial charge < -0.3 is 15.4 Å². The molecule has 0 aliphatic heterocycles. The molecular weight excluding hydrogens is 402 g/mol. The molecule has 0 radical (unpaired) electrons. The van der Waals surface area contributed by atoms with E-state index in [0.29, 0.717) is 22.4 Å². The van der Waals surface area contributed by atoms with Crippen LogP contribution in [0.25, 0.3) is 17.0 Å². The van der Waals surface area contributed by atoms with Gasteiger partial charge in [0.05, 0.1) is 12.6 Å². The number of hydrogen-bond donors (Lipinski definition) is 2. The van der Waals surface area contributed by atoms with Crippen LogP contribution in [0.1, 0.15) is 29.8 Å². The minimum atomic E-state index is -0.417. The average Bonchev–Trinajstić information content (AvgIpc) is 2.73. The molecule has 2 aromatic carbocycles. The molecule has 0 fully saturated rings. The first-order valence-corrected chi connectivity index (χ1v) is 9.78. The molecule has 0 unspecified atom stereocenters. The van der Waals surface area contributed by atoms with E-state index in [1.165, 1.54) is 6.08 Å². The van der Waals surface area contributed by atoms with Crippen molar-refractivity contribution >= 4 is 40.4 Å². The molecule has 0 bridgehead atoms. The van der Waals surface area contributed by atoms with Gasteiger partial charge in [0.15, 0.2) is 0 Å². The van der Waals surface area contributed by atoms with Gasteiger partial charge in [0.2, 0.25) is 0 Å². The van der Waals surface area contributed by atoms with Gasteiger partial charge in [0.25, 0.3) is 11.8 Å². The monoisotopic (exact) mass is 423 g/mol. The third-order valence-corrected chi connectivity index (χ3v) is 4.56. The summed E-state index contributed by atoms with van der Waals surface area (Å²) in [5.41, 5.74) is 1.69. The molecule has 2 amide bonds. The van der Waals surface area contributed by atoms with E-state index in [0.717, 1.165) is 5.39 Å². The Kier molecular flexibility index (Phi) is 6.69. The first-order valence-electron chi connectivity index (χ1n) is 9.40. The number of amides is 2. The van der Waals surface area contributed by atoms with E-state index in [1.807, 2.05) is 32.0 Å². The minimum absolute atomic E-state index is 0.0779. The van der Waals surface area contributed by atoms with Crippen molar-refractivity contribution in [3.05, 3.63) is 76.6 Å². The number of rotatable bonds is 6. The third kappa shape index (κ3) is 5.15. The number of pyridine rings is 1. The van der Waals surface area contributed by atoms with Gasteiger partial charge in [-0.1, -0.05) is 29.8 Å². The Hall–Kier alpha value is -3.38. The SMILES string of the molecule is COc1ccc2cc(C=C(NC(=O)c3ccccc3)C(=O)NC(C)C)c(Cl)nc2c1. The number of nitrogens with one attached hydrogen (secondary N) is 2. The summed E-state index contributed by atoms with van der Waals surface area (Å²) in [6.07, 6.45) is 1.53. The number of carbonyl (C=O) groups is 2. The molecule has 7 heteroatoms. The van der Waals surface area contributed by atoms with Gasteiger partial charge in [-0.25, -0.2) is 4.98 Å². The van der Waals surface area contributed by atoms with Gasteiger partial charge in [-0.05, 0) is 50.3 Å². The van der Waals surface area contributed by atoms with E-state index in [4.69, 9.17) is 16.3 Å². The normalized spacial score (nSPS) is 11.4. The van der Waals surface area contributed by atoms with E-state index in [-0.39, 0.29) is 16.9 Å². The highest BCUT2D eigenvalue weighted by atomic mass is 35.5. The van der Waals surface area contributed by atoms with Gasteiger partial charge in [-0.2, -0.15) is 0 Å². The quantitative estimate of drug-likeness (QED) is 0.460. The van der Waals surface area contributed by atoms with Crippen molar-refractivity contribution in [3.63, 3.8) is 0 Å². The van der Waals surface area contributed by atoms with Gasteiger partial charge in [0.1, 0.15) is 16.6 Å². The zero-order valence-electron chi connectivity index (χ0n) is 16.9. The number of aromatic nitrogens is 1. The highest BCUT2D eigenvalue weighted by molar-refractivity contribution is 6.31. The Labute approximate surface area is 179 Å². The van der Waals surface area contributed by atoms with Crippen LogP contribution in [0.5, 0.6) is 5.75 Å². The van der Waals surface area contributed by atoms with Crippen molar-refractivity contribution in [2.45, 2.75) is 19.9 Å². The molecule has 154 valence electrons. The smallest absolute Gasteiger partial charge is 0.268 e. The molecule has 0 atom stereocenters.